The number of nitrogens with zero attached hydrogens (tertiary/aromatic N) is 1. The highest BCUT2D eigenvalue weighted by Crippen LogP contribution is 2.31. The molecule has 0 unspecified atom stereocenters. The van der Waals surface area contributed by atoms with Crippen molar-refractivity contribution in [2.24, 2.45) is 0 Å². The zero-order valence-corrected chi connectivity index (χ0v) is 16.1. The number of rotatable bonds is 5. The van der Waals surface area contributed by atoms with Crippen LogP contribution in [-0.2, 0) is 16.8 Å². The second-order valence-corrected chi connectivity index (χ2v) is 6.72. The summed E-state index contributed by atoms with van der Waals surface area (Å²) in [5, 5.41) is 6.90. The van der Waals surface area contributed by atoms with Gasteiger partial charge in [0.15, 0.2) is 5.11 Å². The summed E-state index contributed by atoms with van der Waals surface area (Å²) in [5.74, 6) is -0.383. The van der Waals surface area contributed by atoms with Gasteiger partial charge in [0.1, 0.15) is 5.54 Å². The molecular formula is C20H22N4O2S. The Morgan fingerprint density at radius 2 is 1.74 bits per heavy atom. The molecule has 2 aromatic rings. The summed E-state index contributed by atoms with van der Waals surface area (Å²) < 4.78 is 0. The quantitative estimate of drug-likeness (QED) is 0.547. The van der Waals surface area contributed by atoms with Crippen LogP contribution < -0.4 is 16.1 Å². The number of hydrogen-bond donors (Lipinski definition) is 3. The summed E-state index contributed by atoms with van der Waals surface area (Å²) in [5.41, 5.74) is 4.34. The fraction of sp³-hybridized carbons (Fsp3) is 0.250. The van der Waals surface area contributed by atoms with Crippen LogP contribution in [0.1, 0.15) is 31.4 Å². The van der Waals surface area contributed by atoms with Crippen LogP contribution in [0.5, 0.6) is 0 Å². The highest BCUT2D eigenvalue weighted by atomic mass is 32.1. The van der Waals surface area contributed by atoms with Gasteiger partial charge in [-0.2, -0.15) is 5.01 Å². The number of benzene rings is 2. The van der Waals surface area contributed by atoms with Crippen LogP contribution in [0.2, 0.25) is 0 Å². The van der Waals surface area contributed by atoms with Gasteiger partial charge in [-0.25, -0.2) is 4.79 Å². The van der Waals surface area contributed by atoms with Crippen molar-refractivity contribution in [2.45, 2.75) is 32.2 Å². The Balaban J connectivity index is 1.74. The lowest BCUT2D eigenvalue weighted by Crippen LogP contribution is -2.49. The first-order chi connectivity index (χ1) is 13.0. The number of aryl methyl sites for hydroxylation is 1. The molecule has 0 saturated carbocycles. The van der Waals surface area contributed by atoms with Crippen molar-refractivity contribution in [1.82, 2.24) is 15.8 Å². The van der Waals surface area contributed by atoms with E-state index in [0.717, 1.165) is 22.7 Å². The molecule has 3 N–H and O–H groups in total. The molecule has 1 aliphatic heterocycles. The second-order valence-electron chi connectivity index (χ2n) is 6.31. The molecule has 1 saturated heterocycles. The molecule has 1 fully saturated rings. The maximum absolute atomic E-state index is 13.0. The van der Waals surface area contributed by atoms with Gasteiger partial charge in [0.2, 0.25) is 0 Å². The fourth-order valence-corrected chi connectivity index (χ4v) is 3.33. The van der Waals surface area contributed by atoms with Crippen molar-refractivity contribution < 1.29 is 9.59 Å². The Morgan fingerprint density at radius 1 is 1.07 bits per heavy atom. The maximum atomic E-state index is 13.0. The van der Waals surface area contributed by atoms with Crippen molar-refractivity contribution in [3.05, 3.63) is 65.7 Å². The minimum Gasteiger partial charge on any atom is -0.331 e. The number of carbonyl (C=O) groups excluding carboxylic acids is 2. The van der Waals surface area contributed by atoms with Crippen LogP contribution >= 0.6 is 12.2 Å². The first-order valence-electron chi connectivity index (χ1n) is 8.89. The number of urea groups is 1. The molecule has 140 valence electrons. The zero-order chi connectivity index (χ0) is 19.4. The van der Waals surface area contributed by atoms with Crippen molar-refractivity contribution in [2.75, 3.05) is 5.32 Å². The highest BCUT2D eigenvalue weighted by Gasteiger charge is 2.51. The Kier molecular flexibility index (Phi) is 5.41. The summed E-state index contributed by atoms with van der Waals surface area (Å²) in [4.78, 5) is 25.5. The van der Waals surface area contributed by atoms with Gasteiger partial charge in [-0.1, -0.05) is 56.3 Å². The number of amides is 3. The molecular weight excluding hydrogens is 360 g/mol. The minimum absolute atomic E-state index is 0.169. The van der Waals surface area contributed by atoms with Crippen molar-refractivity contribution >= 4 is 35.0 Å². The predicted molar refractivity (Wildman–Crippen MR) is 109 cm³/mol. The molecule has 1 heterocycles. The summed E-state index contributed by atoms with van der Waals surface area (Å²) in [6, 6.07) is 16.5. The van der Waals surface area contributed by atoms with Crippen LogP contribution in [0.15, 0.2) is 54.6 Å². The molecule has 1 aliphatic rings. The lowest BCUT2D eigenvalue weighted by atomic mass is 9.87. The number of carbonyl (C=O) groups is 2. The molecule has 2 aromatic carbocycles. The summed E-state index contributed by atoms with van der Waals surface area (Å²) in [7, 11) is 0. The minimum atomic E-state index is -1.09. The van der Waals surface area contributed by atoms with E-state index in [2.05, 4.69) is 23.0 Å². The number of nitrogens with one attached hydrogen (secondary N) is 3. The fourth-order valence-electron chi connectivity index (χ4n) is 3.12. The van der Waals surface area contributed by atoms with Gasteiger partial charge in [-0.15, -0.1) is 0 Å². The van der Waals surface area contributed by atoms with Gasteiger partial charge < -0.3 is 10.6 Å². The molecule has 3 rings (SSSR count). The molecule has 3 amide bonds. The summed E-state index contributed by atoms with van der Waals surface area (Å²) in [6.07, 6.45) is 1.38. The highest BCUT2D eigenvalue weighted by molar-refractivity contribution is 7.80. The number of hydrazine groups is 1. The van der Waals surface area contributed by atoms with Gasteiger partial charge in [-0.05, 0) is 48.3 Å². The maximum Gasteiger partial charge on any atom is 0.344 e. The molecule has 6 nitrogen and oxygen atoms in total. The van der Waals surface area contributed by atoms with E-state index in [-0.39, 0.29) is 11.0 Å². The van der Waals surface area contributed by atoms with E-state index in [0.29, 0.717) is 6.42 Å². The average molecular weight is 382 g/mol. The van der Waals surface area contributed by atoms with Gasteiger partial charge >= 0.3 is 6.03 Å². The Labute approximate surface area is 163 Å². The SMILES string of the molecule is CCc1ccc(NC(=S)NN2C(=O)N[C@@](CC)(c3ccccc3)C2=O)cc1. The largest absolute Gasteiger partial charge is 0.344 e. The van der Waals surface area contributed by atoms with Crippen molar-refractivity contribution in [3.63, 3.8) is 0 Å². The molecule has 0 aliphatic carbocycles. The van der Waals surface area contributed by atoms with Gasteiger partial charge in [-0.3, -0.25) is 10.2 Å². The topological polar surface area (TPSA) is 73.5 Å². The molecule has 27 heavy (non-hydrogen) atoms. The lowest BCUT2D eigenvalue weighted by molar-refractivity contribution is -0.133. The molecule has 1 atom stereocenters. The van der Waals surface area contributed by atoms with Crippen LogP contribution in [0.4, 0.5) is 10.5 Å². The van der Waals surface area contributed by atoms with E-state index in [1.54, 1.807) is 0 Å². The van der Waals surface area contributed by atoms with E-state index in [4.69, 9.17) is 12.2 Å². The third kappa shape index (κ3) is 3.64. The monoisotopic (exact) mass is 382 g/mol. The second kappa shape index (κ2) is 7.75. The van der Waals surface area contributed by atoms with E-state index in [1.807, 2.05) is 61.5 Å². The van der Waals surface area contributed by atoms with Crippen LogP contribution in [0.25, 0.3) is 0 Å². The third-order valence-corrected chi connectivity index (χ3v) is 4.92. The number of imide groups is 1. The van der Waals surface area contributed by atoms with E-state index in [9.17, 15) is 9.59 Å². The lowest BCUT2D eigenvalue weighted by Gasteiger charge is -2.25. The first kappa shape index (κ1) is 18.8. The molecule has 7 heteroatoms. The smallest absolute Gasteiger partial charge is 0.331 e. The van der Waals surface area contributed by atoms with Crippen molar-refractivity contribution in [1.29, 1.82) is 0 Å². The van der Waals surface area contributed by atoms with E-state index in [1.165, 1.54) is 5.56 Å². The van der Waals surface area contributed by atoms with Crippen molar-refractivity contribution in [3.8, 4) is 0 Å². The molecule has 0 radical (unpaired) electrons. The van der Waals surface area contributed by atoms with Gasteiger partial charge in [0.25, 0.3) is 5.91 Å². The Hall–Kier alpha value is -2.93. The van der Waals surface area contributed by atoms with E-state index >= 15 is 0 Å². The third-order valence-electron chi connectivity index (χ3n) is 4.72. The average Bonchev–Trinajstić information content (AvgIpc) is 2.94. The van der Waals surface area contributed by atoms with Crippen LogP contribution in [-0.4, -0.2) is 22.1 Å². The first-order valence-corrected chi connectivity index (χ1v) is 9.29. The normalized spacial score (nSPS) is 19.0. The summed E-state index contributed by atoms with van der Waals surface area (Å²) >= 11 is 5.27. The number of thiocarbonyl (C=S) groups is 1. The number of hydrogen-bond acceptors (Lipinski definition) is 3. The molecule has 0 spiro atoms. The van der Waals surface area contributed by atoms with Crippen LogP contribution in [0, 0.1) is 0 Å². The Morgan fingerprint density at radius 3 is 2.33 bits per heavy atom. The predicted octanol–water partition coefficient (Wildman–Crippen LogP) is 3.31. The zero-order valence-electron chi connectivity index (χ0n) is 15.3. The number of anilines is 1. The molecule has 0 aromatic heterocycles. The van der Waals surface area contributed by atoms with Gasteiger partial charge in [0, 0.05) is 5.69 Å². The molecule has 0 bridgehead atoms. The van der Waals surface area contributed by atoms with Crippen LogP contribution in [0.3, 0.4) is 0 Å². The summed E-state index contributed by atoms with van der Waals surface area (Å²) in [6.45, 7) is 3.94. The van der Waals surface area contributed by atoms with E-state index < -0.39 is 11.6 Å². The Bertz CT molecular complexity index is 854. The standard InChI is InChI=1S/C20H22N4O2S/c1-3-14-10-12-16(13-11-14)21-18(27)23-24-17(25)20(4-2,22-19(24)26)15-8-6-5-7-9-15/h5-13H,3-4H2,1-2H3,(H,22,26)(H2,21,23,27)/t20-/m0/s1. The van der Waals surface area contributed by atoms with Gasteiger partial charge in [0.05, 0.1) is 0 Å².